The zero-order chi connectivity index (χ0) is 13.8. The molecule has 1 N–H and O–H groups in total. The Morgan fingerprint density at radius 3 is 2.58 bits per heavy atom. The van der Waals surface area contributed by atoms with Crippen LogP contribution in [-0.2, 0) is 6.54 Å². The molecule has 1 aromatic rings. The summed E-state index contributed by atoms with van der Waals surface area (Å²) in [5, 5.41) is 11.6. The number of hydrogen-bond acceptors (Lipinski definition) is 5. The van der Waals surface area contributed by atoms with E-state index in [0.717, 1.165) is 19.6 Å². The van der Waals surface area contributed by atoms with Crippen molar-refractivity contribution in [2.45, 2.75) is 40.7 Å². The zero-order valence-corrected chi connectivity index (χ0v) is 12.5. The summed E-state index contributed by atoms with van der Waals surface area (Å²) in [4.78, 5) is 2.22. The average molecular weight is 266 g/mol. The first-order chi connectivity index (χ1) is 9.04. The molecule has 108 valence electrons. The van der Waals surface area contributed by atoms with Gasteiger partial charge in [-0.3, -0.25) is 0 Å². The van der Waals surface area contributed by atoms with Gasteiger partial charge in [-0.15, -0.1) is 5.10 Å². The van der Waals surface area contributed by atoms with Gasteiger partial charge in [0.2, 0.25) is 5.89 Å². The second-order valence-corrected chi connectivity index (χ2v) is 6.35. The standard InChI is InChI=1S/C14H26N4O/c1-10(2)6-15-7-13-16-17-14(19-13)18-8-11(3)5-12(4)9-18/h10-12,15H,5-9H2,1-4H3. The predicted octanol–water partition coefficient (Wildman–Crippen LogP) is 2.30. The molecule has 2 atom stereocenters. The summed E-state index contributed by atoms with van der Waals surface area (Å²) < 4.78 is 5.74. The van der Waals surface area contributed by atoms with Gasteiger partial charge in [-0.05, 0) is 30.7 Å². The highest BCUT2D eigenvalue weighted by molar-refractivity contribution is 5.25. The average Bonchev–Trinajstić information content (AvgIpc) is 2.76. The van der Waals surface area contributed by atoms with E-state index in [-0.39, 0.29) is 0 Å². The van der Waals surface area contributed by atoms with Crippen molar-refractivity contribution in [2.75, 3.05) is 24.5 Å². The predicted molar refractivity (Wildman–Crippen MR) is 76.0 cm³/mol. The number of anilines is 1. The van der Waals surface area contributed by atoms with Gasteiger partial charge in [0.05, 0.1) is 6.54 Å². The van der Waals surface area contributed by atoms with Gasteiger partial charge < -0.3 is 14.6 Å². The highest BCUT2D eigenvalue weighted by Gasteiger charge is 2.25. The van der Waals surface area contributed by atoms with Gasteiger partial charge in [0.25, 0.3) is 0 Å². The van der Waals surface area contributed by atoms with Crippen LogP contribution in [0.15, 0.2) is 4.42 Å². The summed E-state index contributed by atoms with van der Waals surface area (Å²) in [6.45, 7) is 12.6. The third-order valence-electron chi connectivity index (χ3n) is 3.42. The van der Waals surface area contributed by atoms with Crippen LogP contribution in [-0.4, -0.2) is 29.8 Å². The van der Waals surface area contributed by atoms with Crippen molar-refractivity contribution in [3.8, 4) is 0 Å². The fourth-order valence-electron chi connectivity index (χ4n) is 2.73. The van der Waals surface area contributed by atoms with Crippen LogP contribution in [0.25, 0.3) is 0 Å². The number of piperidine rings is 1. The minimum absolute atomic E-state index is 0.631. The highest BCUT2D eigenvalue weighted by Crippen LogP contribution is 2.25. The molecule has 0 radical (unpaired) electrons. The summed E-state index contributed by atoms with van der Waals surface area (Å²) in [6.07, 6.45) is 1.29. The van der Waals surface area contributed by atoms with E-state index in [9.17, 15) is 0 Å². The van der Waals surface area contributed by atoms with E-state index < -0.39 is 0 Å². The lowest BCUT2D eigenvalue weighted by Crippen LogP contribution is -2.38. The number of aromatic nitrogens is 2. The van der Waals surface area contributed by atoms with E-state index in [0.29, 0.717) is 36.2 Å². The summed E-state index contributed by atoms with van der Waals surface area (Å²) >= 11 is 0. The van der Waals surface area contributed by atoms with Gasteiger partial charge in [0, 0.05) is 13.1 Å². The molecule has 0 spiro atoms. The van der Waals surface area contributed by atoms with E-state index in [4.69, 9.17) is 4.42 Å². The van der Waals surface area contributed by atoms with Crippen molar-refractivity contribution < 1.29 is 4.42 Å². The third-order valence-corrected chi connectivity index (χ3v) is 3.42. The van der Waals surface area contributed by atoms with Crippen LogP contribution >= 0.6 is 0 Å². The van der Waals surface area contributed by atoms with Gasteiger partial charge in [0.1, 0.15) is 0 Å². The molecule has 19 heavy (non-hydrogen) atoms. The van der Waals surface area contributed by atoms with Crippen molar-refractivity contribution in [2.24, 2.45) is 17.8 Å². The Hall–Kier alpha value is -1.10. The zero-order valence-electron chi connectivity index (χ0n) is 12.5. The van der Waals surface area contributed by atoms with Crippen LogP contribution in [0, 0.1) is 17.8 Å². The topological polar surface area (TPSA) is 54.2 Å². The van der Waals surface area contributed by atoms with Gasteiger partial charge >= 0.3 is 6.01 Å². The first kappa shape index (κ1) is 14.3. The summed E-state index contributed by atoms with van der Waals surface area (Å²) in [5.41, 5.74) is 0. The van der Waals surface area contributed by atoms with Crippen LogP contribution in [0.5, 0.6) is 0 Å². The molecule has 2 rings (SSSR count). The fourth-order valence-corrected chi connectivity index (χ4v) is 2.73. The quantitative estimate of drug-likeness (QED) is 0.886. The molecule has 1 saturated heterocycles. The lowest BCUT2D eigenvalue weighted by Gasteiger charge is -2.33. The molecule has 1 aromatic heterocycles. The minimum atomic E-state index is 0.631. The Bertz CT molecular complexity index is 381. The van der Waals surface area contributed by atoms with Crippen LogP contribution in [0.4, 0.5) is 6.01 Å². The Labute approximate surface area is 115 Å². The van der Waals surface area contributed by atoms with Crippen LogP contribution in [0.1, 0.15) is 40.0 Å². The molecule has 1 aliphatic heterocycles. The summed E-state index contributed by atoms with van der Waals surface area (Å²) in [6, 6.07) is 0.680. The lowest BCUT2D eigenvalue weighted by molar-refractivity contribution is 0.337. The van der Waals surface area contributed by atoms with Crippen molar-refractivity contribution in [1.82, 2.24) is 15.5 Å². The Balaban J connectivity index is 1.89. The monoisotopic (exact) mass is 266 g/mol. The molecule has 0 bridgehead atoms. The highest BCUT2D eigenvalue weighted by atomic mass is 16.4. The molecule has 1 fully saturated rings. The Kier molecular flexibility index (Phi) is 4.80. The molecule has 0 aromatic carbocycles. The molecule has 0 amide bonds. The molecule has 0 saturated carbocycles. The number of nitrogens with zero attached hydrogens (tertiary/aromatic N) is 3. The van der Waals surface area contributed by atoms with Crippen molar-refractivity contribution in [3.63, 3.8) is 0 Å². The number of hydrogen-bond donors (Lipinski definition) is 1. The first-order valence-electron chi connectivity index (χ1n) is 7.32. The normalized spacial score (nSPS) is 24.2. The van der Waals surface area contributed by atoms with Gasteiger partial charge in [-0.2, -0.15) is 0 Å². The lowest BCUT2D eigenvalue weighted by atomic mass is 9.92. The van der Waals surface area contributed by atoms with E-state index in [1.165, 1.54) is 6.42 Å². The van der Waals surface area contributed by atoms with Crippen molar-refractivity contribution >= 4 is 6.01 Å². The maximum atomic E-state index is 5.74. The van der Waals surface area contributed by atoms with Crippen molar-refractivity contribution in [3.05, 3.63) is 5.89 Å². The Morgan fingerprint density at radius 2 is 1.95 bits per heavy atom. The fraction of sp³-hybridized carbons (Fsp3) is 0.857. The largest absolute Gasteiger partial charge is 0.407 e. The number of rotatable bonds is 5. The second-order valence-electron chi connectivity index (χ2n) is 6.35. The second kappa shape index (κ2) is 6.37. The van der Waals surface area contributed by atoms with Gasteiger partial charge in [-0.1, -0.05) is 32.8 Å². The van der Waals surface area contributed by atoms with Gasteiger partial charge in [-0.25, -0.2) is 0 Å². The number of nitrogens with one attached hydrogen (secondary N) is 1. The van der Waals surface area contributed by atoms with Crippen molar-refractivity contribution in [1.29, 1.82) is 0 Å². The molecule has 0 aliphatic carbocycles. The summed E-state index contributed by atoms with van der Waals surface area (Å²) in [7, 11) is 0. The van der Waals surface area contributed by atoms with E-state index >= 15 is 0 Å². The first-order valence-corrected chi connectivity index (χ1v) is 7.32. The van der Waals surface area contributed by atoms with Crippen LogP contribution < -0.4 is 10.2 Å². The molecule has 2 unspecified atom stereocenters. The maximum absolute atomic E-state index is 5.74. The van der Waals surface area contributed by atoms with E-state index in [2.05, 4.69) is 48.1 Å². The van der Waals surface area contributed by atoms with Crippen LogP contribution in [0.2, 0.25) is 0 Å². The van der Waals surface area contributed by atoms with E-state index in [1.54, 1.807) is 0 Å². The molecule has 5 heteroatoms. The molecule has 1 aliphatic rings. The smallest absolute Gasteiger partial charge is 0.318 e. The third kappa shape index (κ3) is 4.20. The Morgan fingerprint density at radius 1 is 1.26 bits per heavy atom. The van der Waals surface area contributed by atoms with Gasteiger partial charge in [0.15, 0.2) is 0 Å². The SMILES string of the molecule is CC(C)CNCc1nnc(N2CC(C)CC(C)C2)o1. The molecular formula is C14H26N4O. The minimum Gasteiger partial charge on any atom is -0.407 e. The molecule has 5 nitrogen and oxygen atoms in total. The van der Waals surface area contributed by atoms with E-state index in [1.807, 2.05) is 0 Å². The van der Waals surface area contributed by atoms with Crippen LogP contribution in [0.3, 0.4) is 0 Å². The molecule has 2 heterocycles. The summed E-state index contributed by atoms with van der Waals surface area (Å²) in [5.74, 6) is 2.70. The molecular weight excluding hydrogens is 240 g/mol. The maximum Gasteiger partial charge on any atom is 0.318 e.